The van der Waals surface area contributed by atoms with E-state index in [1.165, 1.54) is 26.5 Å². The Morgan fingerprint density at radius 3 is 1.95 bits per heavy atom. The van der Waals surface area contributed by atoms with Gasteiger partial charge >= 0.3 is 0 Å². The van der Waals surface area contributed by atoms with Gasteiger partial charge in [-0.15, -0.1) is 12.4 Å². The molecule has 0 atom stereocenters. The summed E-state index contributed by atoms with van der Waals surface area (Å²) in [6.07, 6.45) is 3.47. The molecule has 0 saturated heterocycles. The van der Waals surface area contributed by atoms with Gasteiger partial charge in [0.15, 0.2) is 0 Å². The zero-order valence-electron chi connectivity index (χ0n) is 12.4. The zero-order valence-corrected chi connectivity index (χ0v) is 14.0. The van der Waals surface area contributed by atoms with E-state index in [9.17, 15) is 0 Å². The van der Waals surface area contributed by atoms with Crippen LogP contribution in [-0.2, 0) is 0 Å². The third-order valence-corrected chi connectivity index (χ3v) is 4.65. The average Bonchev–Trinajstić information content (AvgIpc) is 2.46. The van der Waals surface area contributed by atoms with Gasteiger partial charge in [0, 0.05) is 16.3 Å². The lowest BCUT2D eigenvalue weighted by atomic mass is 9.96. The molecule has 0 aliphatic carbocycles. The van der Waals surface area contributed by atoms with Gasteiger partial charge in [0.25, 0.3) is 0 Å². The van der Waals surface area contributed by atoms with Gasteiger partial charge < -0.3 is 4.90 Å². The molecule has 0 N–H and O–H groups in total. The molecule has 2 aromatic rings. The van der Waals surface area contributed by atoms with Gasteiger partial charge in [-0.05, 0) is 49.3 Å². The molecule has 0 radical (unpaired) electrons. The Morgan fingerprint density at radius 1 is 0.905 bits per heavy atom. The molecule has 0 fully saturated rings. The van der Waals surface area contributed by atoms with Gasteiger partial charge in [-0.25, -0.2) is 0 Å². The number of fused-ring (bicyclic) bond motifs is 2. The number of nitrogens with zero attached hydrogens (tertiary/aromatic N) is 1. The summed E-state index contributed by atoms with van der Waals surface area (Å²) in [6.45, 7) is 1.08. The van der Waals surface area contributed by atoms with Crippen LogP contribution in [0, 0.1) is 0 Å². The highest BCUT2D eigenvalue weighted by Gasteiger charge is 2.19. The molecule has 0 aromatic heterocycles. The van der Waals surface area contributed by atoms with Crippen LogP contribution in [0.15, 0.2) is 64.4 Å². The third kappa shape index (κ3) is 3.52. The van der Waals surface area contributed by atoms with E-state index >= 15 is 0 Å². The second-order valence-corrected chi connectivity index (χ2v) is 6.39. The number of rotatable bonds is 3. The second kappa shape index (κ2) is 7.17. The van der Waals surface area contributed by atoms with Crippen molar-refractivity contribution in [3.63, 3.8) is 0 Å². The van der Waals surface area contributed by atoms with E-state index in [0.717, 1.165) is 13.0 Å². The van der Waals surface area contributed by atoms with E-state index in [1.54, 1.807) is 0 Å². The van der Waals surface area contributed by atoms with Crippen molar-refractivity contribution in [1.29, 1.82) is 0 Å². The highest BCUT2D eigenvalue weighted by Crippen LogP contribution is 2.45. The summed E-state index contributed by atoms with van der Waals surface area (Å²) in [5, 5.41) is 0. The Labute approximate surface area is 137 Å². The van der Waals surface area contributed by atoms with Crippen LogP contribution in [0.3, 0.4) is 0 Å². The smallest absolute Gasteiger partial charge is 0.0201 e. The second-order valence-electron chi connectivity index (χ2n) is 5.30. The molecule has 3 heteroatoms. The molecule has 0 bridgehead atoms. The first-order chi connectivity index (χ1) is 9.75. The summed E-state index contributed by atoms with van der Waals surface area (Å²) in [5.41, 5.74) is 4.13. The lowest BCUT2D eigenvalue weighted by Gasteiger charge is -2.22. The predicted octanol–water partition coefficient (Wildman–Crippen LogP) is 4.96. The predicted molar refractivity (Wildman–Crippen MR) is 94.5 cm³/mol. The van der Waals surface area contributed by atoms with Gasteiger partial charge in [-0.1, -0.05) is 54.2 Å². The first-order valence-electron chi connectivity index (χ1n) is 6.97. The maximum Gasteiger partial charge on any atom is 0.0201 e. The van der Waals surface area contributed by atoms with Gasteiger partial charge in [0.05, 0.1) is 0 Å². The Balaban J connectivity index is 0.00000161. The Kier molecular flexibility index (Phi) is 5.51. The summed E-state index contributed by atoms with van der Waals surface area (Å²) < 4.78 is 0. The minimum absolute atomic E-state index is 0. The van der Waals surface area contributed by atoms with Crippen molar-refractivity contribution in [1.82, 2.24) is 4.90 Å². The van der Waals surface area contributed by atoms with E-state index in [1.807, 2.05) is 11.8 Å². The van der Waals surface area contributed by atoms with E-state index < -0.39 is 0 Å². The van der Waals surface area contributed by atoms with Gasteiger partial charge in [-0.3, -0.25) is 0 Å². The molecule has 0 saturated carbocycles. The van der Waals surface area contributed by atoms with E-state index in [4.69, 9.17) is 0 Å². The number of hydrogen-bond donors (Lipinski definition) is 0. The van der Waals surface area contributed by atoms with Crippen molar-refractivity contribution in [3.8, 4) is 0 Å². The summed E-state index contributed by atoms with van der Waals surface area (Å²) >= 11 is 1.87. The van der Waals surface area contributed by atoms with Crippen molar-refractivity contribution in [2.24, 2.45) is 0 Å². The topological polar surface area (TPSA) is 3.24 Å². The summed E-state index contributed by atoms with van der Waals surface area (Å²) in [4.78, 5) is 4.96. The third-order valence-electron chi connectivity index (χ3n) is 3.50. The van der Waals surface area contributed by atoms with Crippen molar-refractivity contribution in [2.75, 3.05) is 20.6 Å². The van der Waals surface area contributed by atoms with Gasteiger partial charge in [0.2, 0.25) is 0 Å². The van der Waals surface area contributed by atoms with Crippen LogP contribution < -0.4 is 0 Å². The molecule has 0 amide bonds. The molecule has 0 spiro atoms. The monoisotopic (exact) mass is 317 g/mol. The molecule has 1 aliphatic rings. The van der Waals surface area contributed by atoms with Crippen molar-refractivity contribution >= 4 is 29.7 Å². The van der Waals surface area contributed by atoms with Crippen LogP contribution in [0.4, 0.5) is 0 Å². The molecule has 1 aliphatic heterocycles. The molecule has 21 heavy (non-hydrogen) atoms. The highest BCUT2D eigenvalue weighted by atomic mass is 35.5. The molecule has 1 heterocycles. The maximum absolute atomic E-state index is 2.39. The molecular formula is C18H20ClNS. The van der Waals surface area contributed by atoms with Gasteiger partial charge in [0.1, 0.15) is 0 Å². The Morgan fingerprint density at radius 2 is 1.43 bits per heavy atom. The summed E-state index contributed by atoms with van der Waals surface area (Å²) in [6, 6.07) is 17.4. The number of halogens is 1. The normalized spacial score (nSPS) is 12.4. The maximum atomic E-state index is 2.39. The number of benzene rings is 2. The average molecular weight is 318 g/mol. The SMILES string of the molecule is CN(C)CCC=C1c2ccccc2Sc2ccccc21.Cl. The Bertz CT molecular complexity index is 602. The molecule has 2 aromatic carbocycles. The van der Waals surface area contributed by atoms with Crippen LogP contribution >= 0.6 is 24.2 Å². The molecular weight excluding hydrogens is 298 g/mol. The molecule has 0 unspecified atom stereocenters. The van der Waals surface area contributed by atoms with Gasteiger partial charge in [-0.2, -0.15) is 0 Å². The molecule has 110 valence electrons. The van der Waals surface area contributed by atoms with E-state index in [2.05, 4.69) is 73.6 Å². The minimum Gasteiger partial charge on any atom is -0.309 e. The fourth-order valence-electron chi connectivity index (χ4n) is 2.51. The fourth-order valence-corrected chi connectivity index (χ4v) is 3.61. The first-order valence-corrected chi connectivity index (χ1v) is 7.79. The number of hydrogen-bond acceptors (Lipinski definition) is 2. The van der Waals surface area contributed by atoms with Crippen LogP contribution in [0.5, 0.6) is 0 Å². The first kappa shape index (κ1) is 16.2. The Hall–Kier alpha value is -1.22. The van der Waals surface area contributed by atoms with Crippen LogP contribution in [0.1, 0.15) is 17.5 Å². The lowest BCUT2D eigenvalue weighted by molar-refractivity contribution is 0.417. The highest BCUT2D eigenvalue weighted by molar-refractivity contribution is 7.99. The largest absolute Gasteiger partial charge is 0.309 e. The standard InChI is InChI=1S/C18H19NS.ClH/c1-19(2)13-7-10-14-15-8-3-5-11-17(15)20-18-12-6-4-9-16(14)18;/h3-6,8-12H,7,13H2,1-2H3;1H. The summed E-state index contributed by atoms with van der Waals surface area (Å²) in [7, 11) is 4.24. The van der Waals surface area contributed by atoms with Crippen molar-refractivity contribution in [3.05, 3.63) is 65.7 Å². The van der Waals surface area contributed by atoms with Crippen molar-refractivity contribution < 1.29 is 0 Å². The zero-order chi connectivity index (χ0) is 13.9. The van der Waals surface area contributed by atoms with Crippen LogP contribution in [0.25, 0.3) is 5.57 Å². The van der Waals surface area contributed by atoms with Crippen LogP contribution in [0.2, 0.25) is 0 Å². The molecule has 3 rings (SSSR count). The fraction of sp³-hybridized carbons (Fsp3) is 0.222. The van der Waals surface area contributed by atoms with E-state index in [0.29, 0.717) is 0 Å². The van der Waals surface area contributed by atoms with Crippen molar-refractivity contribution in [2.45, 2.75) is 16.2 Å². The van der Waals surface area contributed by atoms with E-state index in [-0.39, 0.29) is 12.4 Å². The lowest BCUT2D eigenvalue weighted by Crippen LogP contribution is -2.12. The molecule has 1 nitrogen and oxygen atoms in total. The quantitative estimate of drug-likeness (QED) is 0.672. The summed E-state index contributed by atoms with van der Waals surface area (Å²) in [5.74, 6) is 0. The minimum atomic E-state index is 0. The van der Waals surface area contributed by atoms with Crippen LogP contribution in [-0.4, -0.2) is 25.5 Å².